The molecule has 0 saturated heterocycles. The van der Waals surface area contributed by atoms with Crippen LogP contribution in [-0.2, 0) is 6.54 Å². The minimum absolute atomic E-state index is 0.0728. The van der Waals surface area contributed by atoms with Crippen molar-refractivity contribution in [3.05, 3.63) is 38.7 Å². The van der Waals surface area contributed by atoms with Gasteiger partial charge in [0.15, 0.2) is 5.16 Å². The molecule has 1 atom stereocenters. The van der Waals surface area contributed by atoms with E-state index in [1.54, 1.807) is 4.57 Å². The summed E-state index contributed by atoms with van der Waals surface area (Å²) in [5.41, 5.74) is 6.81. The lowest BCUT2D eigenvalue weighted by atomic mass is 10.1. The SMILES string of the molecule is CCn1c(Sc2cc(Br)ccc2C(C)N)n[nH]c1=O. The van der Waals surface area contributed by atoms with E-state index in [1.807, 2.05) is 32.0 Å². The maximum atomic E-state index is 11.5. The van der Waals surface area contributed by atoms with Crippen molar-refractivity contribution in [2.24, 2.45) is 5.73 Å². The summed E-state index contributed by atoms with van der Waals surface area (Å²) in [5.74, 6) is 0. The van der Waals surface area contributed by atoms with Gasteiger partial charge < -0.3 is 5.73 Å². The molecule has 0 spiro atoms. The molecule has 0 aliphatic carbocycles. The number of halogens is 1. The van der Waals surface area contributed by atoms with Gasteiger partial charge in [-0.1, -0.05) is 22.0 Å². The van der Waals surface area contributed by atoms with Crippen LogP contribution in [0.5, 0.6) is 0 Å². The summed E-state index contributed by atoms with van der Waals surface area (Å²) < 4.78 is 2.57. The number of benzene rings is 1. The van der Waals surface area contributed by atoms with E-state index < -0.39 is 0 Å². The van der Waals surface area contributed by atoms with Gasteiger partial charge in [-0.2, -0.15) is 0 Å². The van der Waals surface area contributed by atoms with Crippen LogP contribution in [0.15, 0.2) is 37.5 Å². The molecule has 2 aromatic rings. The van der Waals surface area contributed by atoms with Gasteiger partial charge >= 0.3 is 5.69 Å². The van der Waals surface area contributed by atoms with E-state index in [0.29, 0.717) is 11.7 Å². The molecule has 0 radical (unpaired) electrons. The average Bonchev–Trinajstić information content (AvgIpc) is 2.69. The number of hydrogen-bond donors (Lipinski definition) is 2. The van der Waals surface area contributed by atoms with E-state index in [2.05, 4.69) is 26.1 Å². The molecule has 1 aromatic heterocycles. The summed E-state index contributed by atoms with van der Waals surface area (Å²) in [4.78, 5) is 12.5. The molecule has 0 fully saturated rings. The average molecular weight is 343 g/mol. The third-order valence-electron chi connectivity index (χ3n) is 2.71. The lowest BCUT2D eigenvalue weighted by molar-refractivity contribution is 0.660. The smallest absolute Gasteiger partial charge is 0.324 e. The van der Waals surface area contributed by atoms with Crippen molar-refractivity contribution >= 4 is 27.7 Å². The Bertz CT molecular complexity index is 635. The number of aromatic nitrogens is 3. The minimum Gasteiger partial charge on any atom is -0.324 e. The van der Waals surface area contributed by atoms with Crippen LogP contribution in [0, 0.1) is 0 Å². The van der Waals surface area contributed by atoms with Crippen LogP contribution in [0.25, 0.3) is 0 Å². The third kappa shape index (κ3) is 3.10. The first-order valence-electron chi connectivity index (χ1n) is 5.91. The van der Waals surface area contributed by atoms with Crippen LogP contribution in [0.1, 0.15) is 25.5 Å². The normalized spacial score (nSPS) is 12.6. The van der Waals surface area contributed by atoms with Crippen molar-refractivity contribution in [2.45, 2.75) is 36.5 Å². The first kappa shape index (κ1) is 14.4. The molecule has 1 aromatic carbocycles. The van der Waals surface area contributed by atoms with Gasteiger partial charge in [-0.05, 0) is 43.3 Å². The number of nitrogens with zero attached hydrogens (tertiary/aromatic N) is 2. The Kier molecular flexibility index (Phi) is 4.49. The molecular weight excluding hydrogens is 328 g/mol. The molecule has 102 valence electrons. The van der Waals surface area contributed by atoms with Crippen molar-refractivity contribution in [3.8, 4) is 0 Å². The quantitative estimate of drug-likeness (QED) is 0.894. The van der Waals surface area contributed by atoms with E-state index >= 15 is 0 Å². The number of H-pyrrole nitrogens is 1. The van der Waals surface area contributed by atoms with Crippen molar-refractivity contribution in [3.63, 3.8) is 0 Å². The highest BCUT2D eigenvalue weighted by Gasteiger charge is 2.13. The first-order valence-corrected chi connectivity index (χ1v) is 7.52. The number of nitrogens with one attached hydrogen (secondary N) is 1. The zero-order valence-corrected chi connectivity index (χ0v) is 13.1. The van der Waals surface area contributed by atoms with Crippen LogP contribution >= 0.6 is 27.7 Å². The van der Waals surface area contributed by atoms with E-state index in [-0.39, 0.29) is 11.7 Å². The van der Waals surface area contributed by atoms with E-state index in [1.165, 1.54) is 11.8 Å². The summed E-state index contributed by atoms with van der Waals surface area (Å²) in [6.45, 7) is 4.43. The molecule has 2 rings (SSSR count). The summed E-state index contributed by atoms with van der Waals surface area (Å²) >= 11 is 4.89. The molecule has 5 nitrogen and oxygen atoms in total. The molecule has 0 amide bonds. The maximum absolute atomic E-state index is 11.5. The number of nitrogens with two attached hydrogens (primary N) is 1. The molecule has 7 heteroatoms. The second-order valence-corrected chi connectivity index (χ2v) is 6.05. The predicted octanol–water partition coefficient (Wildman–Crippen LogP) is 2.52. The monoisotopic (exact) mass is 342 g/mol. The highest BCUT2D eigenvalue weighted by atomic mass is 79.9. The fraction of sp³-hybridized carbons (Fsp3) is 0.333. The lowest BCUT2D eigenvalue weighted by Crippen LogP contribution is -2.16. The summed E-state index contributed by atoms with van der Waals surface area (Å²) in [6.07, 6.45) is 0. The van der Waals surface area contributed by atoms with Gasteiger partial charge in [-0.3, -0.25) is 4.57 Å². The van der Waals surface area contributed by atoms with E-state index in [0.717, 1.165) is 14.9 Å². The number of rotatable bonds is 4. The van der Waals surface area contributed by atoms with Crippen LogP contribution in [0.4, 0.5) is 0 Å². The van der Waals surface area contributed by atoms with Gasteiger partial charge in [0.05, 0.1) is 0 Å². The Morgan fingerprint density at radius 3 is 2.95 bits per heavy atom. The Labute approximate surface area is 123 Å². The van der Waals surface area contributed by atoms with Gasteiger partial charge in [-0.15, -0.1) is 5.10 Å². The second-order valence-electron chi connectivity index (χ2n) is 4.13. The zero-order chi connectivity index (χ0) is 14.0. The highest BCUT2D eigenvalue weighted by molar-refractivity contribution is 9.10. The standard InChI is InChI=1S/C12H15BrN4OS/c1-3-17-11(18)15-16-12(17)19-10-6-8(13)4-5-9(10)7(2)14/h4-7H,3,14H2,1-2H3,(H,15,18). The minimum atomic E-state index is -0.192. The van der Waals surface area contributed by atoms with Crippen LogP contribution in [0.2, 0.25) is 0 Å². The van der Waals surface area contributed by atoms with E-state index in [9.17, 15) is 4.79 Å². The van der Waals surface area contributed by atoms with Gasteiger partial charge in [0.2, 0.25) is 0 Å². The van der Waals surface area contributed by atoms with Crippen molar-refractivity contribution in [2.75, 3.05) is 0 Å². The largest absolute Gasteiger partial charge is 0.343 e. The van der Waals surface area contributed by atoms with Gasteiger partial charge in [0.1, 0.15) is 0 Å². The molecule has 0 aliphatic rings. The fourth-order valence-corrected chi connectivity index (χ4v) is 3.41. The first-order chi connectivity index (χ1) is 9.02. The van der Waals surface area contributed by atoms with Crippen molar-refractivity contribution in [1.29, 1.82) is 0 Å². The molecule has 1 heterocycles. The molecule has 1 unspecified atom stereocenters. The second kappa shape index (κ2) is 5.94. The van der Waals surface area contributed by atoms with Crippen molar-refractivity contribution in [1.82, 2.24) is 14.8 Å². The number of aromatic amines is 1. The molecule has 3 N–H and O–H groups in total. The Morgan fingerprint density at radius 2 is 2.32 bits per heavy atom. The van der Waals surface area contributed by atoms with Gasteiger partial charge in [0, 0.05) is 22.0 Å². The lowest BCUT2D eigenvalue weighted by Gasteiger charge is -2.12. The summed E-state index contributed by atoms with van der Waals surface area (Å²) in [6, 6.07) is 5.86. The third-order valence-corrected chi connectivity index (χ3v) is 4.27. The number of hydrogen-bond acceptors (Lipinski definition) is 4. The van der Waals surface area contributed by atoms with Gasteiger partial charge in [0.25, 0.3) is 0 Å². The Hall–Kier alpha value is -1.05. The molecule has 0 bridgehead atoms. The highest BCUT2D eigenvalue weighted by Crippen LogP contribution is 2.33. The molecule has 0 aliphatic heterocycles. The molecule has 0 saturated carbocycles. The zero-order valence-electron chi connectivity index (χ0n) is 10.7. The van der Waals surface area contributed by atoms with Gasteiger partial charge in [-0.25, -0.2) is 9.89 Å². The predicted molar refractivity (Wildman–Crippen MR) is 79.4 cm³/mol. The Balaban J connectivity index is 2.42. The topological polar surface area (TPSA) is 76.7 Å². The van der Waals surface area contributed by atoms with Crippen LogP contribution in [-0.4, -0.2) is 14.8 Å². The maximum Gasteiger partial charge on any atom is 0.343 e. The fourth-order valence-electron chi connectivity index (χ4n) is 1.73. The van der Waals surface area contributed by atoms with Crippen LogP contribution in [0.3, 0.4) is 0 Å². The Morgan fingerprint density at radius 1 is 1.58 bits per heavy atom. The molecular formula is C12H15BrN4OS. The van der Waals surface area contributed by atoms with Crippen LogP contribution < -0.4 is 11.4 Å². The van der Waals surface area contributed by atoms with E-state index in [4.69, 9.17) is 5.73 Å². The molecule has 19 heavy (non-hydrogen) atoms. The summed E-state index contributed by atoms with van der Waals surface area (Å²) in [5, 5.41) is 7.16. The van der Waals surface area contributed by atoms with Crippen molar-refractivity contribution < 1.29 is 0 Å². The summed E-state index contributed by atoms with van der Waals surface area (Å²) in [7, 11) is 0.